The van der Waals surface area contributed by atoms with E-state index < -0.39 is 10.0 Å². The summed E-state index contributed by atoms with van der Waals surface area (Å²) in [7, 11) is -3.79. The summed E-state index contributed by atoms with van der Waals surface area (Å²) < 4.78 is 46.1. The first-order chi connectivity index (χ1) is 14.7. The van der Waals surface area contributed by atoms with E-state index in [0.29, 0.717) is 22.0 Å². The van der Waals surface area contributed by atoms with E-state index in [9.17, 15) is 17.6 Å². The molecule has 3 aromatic rings. The monoisotopic (exact) mass is 462 g/mol. The molecule has 0 radical (unpaired) electrons. The number of halogens is 2. The molecule has 0 heterocycles. The second-order valence-corrected chi connectivity index (χ2v) is 8.85. The van der Waals surface area contributed by atoms with Crippen molar-refractivity contribution in [1.82, 2.24) is 5.32 Å². The molecule has 0 saturated heterocycles. The predicted octanol–water partition coefficient (Wildman–Crippen LogP) is 4.28. The van der Waals surface area contributed by atoms with Crippen molar-refractivity contribution in [3.8, 4) is 5.75 Å². The van der Waals surface area contributed by atoms with Gasteiger partial charge in [-0.15, -0.1) is 0 Å². The van der Waals surface area contributed by atoms with Crippen LogP contribution in [-0.2, 0) is 21.4 Å². The first-order valence-electron chi connectivity index (χ1n) is 9.26. The maximum atomic E-state index is 12.9. The zero-order chi connectivity index (χ0) is 22.4. The largest absolute Gasteiger partial charge is 0.484 e. The Kier molecular flexibility index (Phi) is 7.14. The van der Waals surface area contributed by atoms with Crippen LogP contribution in [0.25, 0.3) is 0 Å². The number of hydrogen-bond acceptors (Lipinski definition) is 4. The highest BCUT2D eigenvalue weighted by atomic mass is 35.5. The predicted molar refractivity (Wildman–Crippen MR) is 117 cm³/mol. The van der Waals surface area contributed by atoms with Gasteiger partial charge in [-0.05, 0) is 72.6 Å². The number of ether oxygens (including phenoxy) is 1. The Labute approximate surface area is 185 Å². The molecule has 0 spiro atoms. The zero-order valence-corrected chi connectivity index (χ0v) is 18.1. The van der Waals surface area contributed by atoms with Crippen molar-refractivity contribution in [3.05, 3.63) is 88.7 Å². The van der Waals surface area contributed by atoms with Crippen molar-refractivity contribution in [2.45, 2.75) is 18.4 Å². The Morgan fingerprint density at radius 1 is 1.03 bits per heavy atom. The summed E-state index contributed by atoms with van der Waals surface area (Å²) in [5, 5.41) is 3.18. The number of benzene rings is 3. The van der Waals surface area contributed by atoms with E-state index in [2.05, 4.69) is 10.0 Å². The van der Waals surface area contributed by atoms with Crippen molar-refractivity contribution >= 4 is 33.2 Å². The minimum atomic E-state index is -3.79. The highest BCUT2D eigenvalue weighted by Gasteiger charge is 2.16. The summed E-state index contributed by atoms with van der Waals surface area (Å²) in [6.07, 6.45) is 0. The number of aryl methyl sites for hydroxylation is 1. The van der Waals surface area contributed by atoms with Gasteiger partial charge in [0.2, 0.25) is 0 Å². The van der Waals surface area contributed by atoms with Gasteiger partial charge >= 0.3 is 0 Å². The van der Waals surface area contributed by atoms with Gasteiger partial charge in [0.05, 0.1) is 4.90 Å². The third kappa shape index (κ3) is 6.44. The van der Waals surface area contributed by atoms with E-state index in [4.69, 9.17) is 16.3 Å². The minimum absolute atomic E-state index is 0.0630. The molecule has 162 valence electrons. The molecule has 2 N–H and O–H groups in total. The topological polar surface area (TPSA) is 84.5 Å². The Balaban J connectivity index is 1.57. The van der Waals surface area contributed by atoms with Crippen LogP contribution in [0.2, 0.25) is 5.02 Å². The SMILES string of the molecule is Cc1cc(S(=O)(=O)Nc2ccc(Cl)cc2)ccc1OCC(=O)NCc1ccc(F)cc1. The highest BCUT2D eigenvalue weighted by Crippen LogP contribution is 2.24. The van der Waals surface area contributed by atoms with Crippen LogP contribution in [0, 0.1) is 12.7 Å². The molecule has 1 amide bonds. The van der Waals surface area contributed by atoms with Crippen molar-refractivity contribution < 1.29 is 22.3 Å². The van der Waals surface area contributed by atoms with Gasteiger partial charge in [-0.1, -0.05) is 23.7 Å². The molecule has 0 aromatic heterocycles. The molecule has 6 nitrogen and oxygen atoms in total. The Morgan fingerprint density at radius 3 is 2.35 bits per heavy atom. The average molecular weight is 463 g/mol. The number of anilines is 1. The minimum Gasteiger partial charge on any atom is -0.484 e. The fraction of sp³-hybridized carbons (Fsp3) is 0.136. The zero-order valence-electron chi connectivity index (χ0n) is 16.6. The van der Waals surface area contributed by atoms with Gasteiger partial charge in [0, 0.05) is 17.3 Å². The van der Waals surface area contributed by atoms with E-state index in [1.807, 2.05) is 0 Å². The lowest BCUT2D eigenvalue weighted by Gasteiger charge is -2.12. The smallest absolute Gasteiger partial charge is 0.261 e. The van der Waals surface area contributed by atoms with Crippen LogP contribution < -0.4 is 14.8 Å². The number of hydrogen-bond donors (Lipinski definition) is 2. The lowest BCUT2D eigenvalue weighted by atomic mass is 10.2. The first-order valence-corrected chi connectivity index (χ1v) is 11.1. The quantitative estimate of drug-likeness (QED) is 0.523. The lowest BCUT2D eigenvalue weighted by molar-refractivity contribution is -0.123. The fourth-order valence-electron chi connectivity index (χ4n) is 2.68. The normalized spacial score (nSPS) is 11.1. The average Bonchev–Trinajstić information content (AvgIpc) is 2.74. The van der Waals surface area contributed by atoms with Crippen LogP contribution in [0.1, 0.15) is 11.1 Å². The molecule has 31 heavy (non-hydrogen) atoms. The maximum absolute atomic E-state index is 12.9. The van der Waals surface area contributed by atoms with Crippen molar-refractivity contribution in [2.24, 2.45) is 0 Å². The maximum Gasteiger partial charge on any atom is 0.261 e. The van der Waals surface area contributed by atoms with Gasteiger partial charge in [0.25, 0.3) is 15.9 Å². The van der Waals surface area contributed by atoms with Crippen LogP contribution in [0.5, 0.6) is 5.75 Å². The number of amides is 1. The summed E-state index contributed by atoms with van der Waals surface area (Å²) in [5.41, 5.74) is 1.71. The van der Waals surface area contributed by atoms with Crippen LogP contribution in [0.4, 0.5) is 10.1 Å². The fourth-order valence-corrected chi connectivity index (χ4v) is 3.95. The van der Waals surface area contributed by atoms with Gasteiger partial charge in [-0.25, -0.2) is 12.8 Å². The summed E-state index contributed by atoms with van der Waals surface area (Å²) in [5.74, 6) is -0.310. The second kappa shape index (κ2) is 9.80. The number of nitrogens with one attached hydrogen (secondary N) is 2. The van der Waals surface area contributed by atoms with E-state index in [-0.39, 0.29) is 29.8 Å². The summed E-state index contributed by atoms with van der Waals surface area (Å²) in [6.45, 7) is 1.69. The van der Waals surface area contributed by atoms with Crippen molar-refractivity contribution in [1.29, 1.82) is 0 Å². The first kappa shape index (κ1) is 22.6. The van der Waals surface area contributed by atoms with E-state index in [0.717, 1.165) is 5.56 Å². The van der Waals surface area contributed by atoms with Crippen LogP contribution in [-0.4, -0.2) is 20.9 Å². The molecular weight excluding hydrogens is 443 g/mol. The van der Waals surface area contributed by atoms with Crippen molar-refractivity contribution in [2.75, 3.05) is 11.3 Å². The van der Waals surface area contributed by atoms with Gasteiger partial charge in [0.15, 0.2) is 6.61 Å². The van der Waals surface area contributed by atoms with Gasteiger partial charge < -0.3 is 10.1 Å². The number of rotatable bonds is 8. The van der Waals surface area contributed by atoms with Gasteiger partial charge in [-0.3, -0.25) is 9.52 Å². The third-order valence-corrected chi connectivity index (χ3v) is 5.95. The molecule has 0 unspecified atom stereocenters. The number of carbonyl (C=O) groups excluding carboxylic acids is 1. The highest BCUT2D eigenvalue weighted by molar-refractivity contribution is 7.92. The molecule has 0 atom stereocenters. The molecule has 3 rings (SSSR count). The summed E-state index contributed by atoms with van der Waals surface area (Å²) in [6, 6.07) is 16.5. The van der Waals surface area contributed by atoms with Gasteiger partial charge in [0.1, 0.15) is 11.6 Å². The van der Waals surface area contributed by atoms with Gasteiger partial charge in [-0.2, -0.15) is 0 Å². The third-order valence-electron chi connectivity index (χ3n) is 4.31. The Bertz CT molecular complexity index is 1170. The van der Waals surface area contributed by atoms with E-state index in [1.165, 1.54) is 30.3 Å². The Morgan fingerprint density at radius 2 is 1.71 bits per heavy atom. The number of carbonyl (C=O) groups is 1. The lowest BCUT2D eigenvalue weighted by Crippen LogP contribution is -2.28. The van der Waals surface area contributed by atoms with E-state index >= 15 is 0 Å². The molecule has 3 aromatic carbocycles. The number of sulfonamides is 1. The molecular formula is C22H20ClFN2O4S. The molecule has 0 fully saturated rings. The Hall–Kier alpha value is -3.10. The second-order valence-electron chi connectivity index (χ2n) is 6.73. The standard InChI is InChI=1S/C22H20ClFN2O4S/c1-15-12-20(31(28,29)26-19-8-4-17(23)5-9-19)10-11-21(15)30-14-22(27)25-13-16-2-6-18(24)7-3-16/h2-12,26H,13-14H2,1H3,(H,25,27). The molecule has 0 bridgehead atoms. The molecule has 0 aliphatic rings. The molecule has 0 saturated carbocycles. The molecule has 0 aliphatic carbocycles. The molecule has 9 heteroatoms. The molecule has 0 aliphatic heterocycles. The van der Waals surface area contributed by atoms with Crippen LogP contribution in [0.3, 0.4) is 0 Å². The van der Waals surface area contributed by atoms with E-state index in [1.54, 1.807) is 43.3 Å². The summed E-state index contributed by atoms with van der Waals surface area (Å²) >= 11 is 5.81. The van der Waals surface area contributed by atoms with Crippen LogP contribution in [0.15, 0.2) is 71.6 Å². The van der Waals surface area contributed by atoms with Crippen molar-refractivity contribution in [3.63, 3.8) is 0 Å². The summed E-state index contributed by atoms with van der Waals surface area (Å²) in [4.78, 5) is 12.1. The van der Waals surface area contributed by atoms with Crippen LogP contribution >= 0.6 is 11.6 Å².